The molecule has 0 saturated carbocycles. The van der Waals surface area contributed by atoms with Gasteiger partial charge in [-0.25, -0.2) is 28.8 Å². The lowest BCUT2D eigenvalue weighted by Crippen LogP contribution is -2.66. The highest BCUT2D eigenvalue weighted by molar-refractivity contribution is 5.79. The van der Waals surface area contributed by atoms with Gasteiger partial charge in [-0.2, -0.15) is 79.0 Å². The standard InChI is InChI=1S/C34H32F18O16/c1-10-5-7-12(8-6-10)28(3,4)68-21-19(67-27(58)34(50,51)52)17(65-25(56)32(44,45)46)15(63-23(54)30(38,39)40)13(61-21)9-59-20-18(66-26(57)33(47,48)49)16(64-24(55)31(41,42)43)14(11(2)60-20)62-22(53)29(35,36)37/h5,11-21H,6-9H2,1-4H3/t11-,12?,13+,14-,15+,16+,17-,18+,19+,20+,21-/m0/s1. The first-order valence-corrected chi connectivity index (χ1v) is 18.5. The average Bonchev–Trinajstić information content (AvgIpc) is 3.16. The van der Waals surface area contributed by atoms with Crippen LogP contribution < -0.4 is 0 Å². The number of carbonyl (C=O) groups excluding carboxylic acids is 6. The number of ether oxygens (including phenoxy) is 10. The van der Waals surface area contributed by atoms with Crippen molar-refractivity contribution in [3.63, 3.8) is 0 Å². The monoisotopic (exact) mass is 1040 g/mol. The van der Waals surface area contributed by atoms with E-state index in [-0.39, 0.29) is 19.3 Å². The largest absolute Gasteiger partial charge is 0.490 e. The van der Waals surface area contributed by atoms with Gasteiger partial charge in [0, 0.05) is 0 Å². The Bertz CT molecular complexity index is 1890. The fourth-order valence-electron chi connectivity index (χ4n) is 6.36. The third-order valence-electron chi connectivity index (χ3n) is 9.63. The van der Waals surface area contributed by atoms with Crippen LogP contribution in [0.3, 0.4) is 0 Å². The Morgan fingerprint density at radius 3 is 1.22 bits per heavy atom. The van der Waals surface area contributed by atoms with Gasteiger partial charge in [0.15, 0.2) is 49.2 Å². The minimum atomic E-state index is -6.26. The quantitative estimate of drug-likeness (QED) is 0.0976. The molecule has 34 heteroatoms. The number of allylic oxidation sites excluding steroid dienone is 2. The summed E-state index contributed by atoms with van der Waals surface area (Å²) in [5.41, 5.74) is -1.10. The summed E-state index contributed by atoms with van der Waals surface area (Å²) >= 11 is 0. The zero-order valence-corrected chi connectivity index (χ0v) is 34.1. The van der Waals surface area contributed by atoms with Crippen LogP contribution in [0.2, 0.25) is 0 Å². The number of rotatable bonds is 12. The van der Waals surface area contributed by atoms with Gasteiger partial charge in [0.1, 0.15) is 6.10 Å². The Morgan fingerprint density at radius 2 is 0.853 bits per heavy atom. The molecule has 1 unspecified atom stereocenters. The lowest BCUT2D eigenvalue weighted by molar-refractivity contribution is -0.354. The lowest BCUT2D eigenvalue weighted by Gasteiger charge is -2.48. The number of hydrogen-bond donors (Lipinski definition) is 0. The molecular weight excluding hydrogens is 1010 g/mol. The second-order valence-electron chi connectivity index (χ2n) is 15.0. The maximum Gasteiger partial charge on any atom is 0.490 e. The highest BCUT2D eigenvalue weighted by atomic mass is 19.4. The normalized spacial score (nSPS) is 28.9. The lowest BCUT2D eigenvalue weighted by atomic mass is 9.79. The predicted octanol–water partition coefficient (Wildman–Crippen LogP) is 5.86. The van der Waals surface area contributed by atoms with E-state index >= 15 is 0 Å². The van der Waals surface area contributed by atoms with Crippen molar-refractivity contribution in [3.8, 4) is 0 Å². The third-order valence-corrected chi connectivity index (χ3v) is 9.63. The second-order valence-corrected chi connectivity index (χ2v) is 15.0. The summed E-state index contributed by atoms with van der Waals surface area (Å²) < 4.78 is 288. The Hall–Kier alpha value is -4.86. The molecule has 0 bridgehead atoms. The van der Waals surface area contributed by atoms with Crippen molar-refractivity contribution in [2.45, 2.75) is 151 Å². The maximum atomic E-state index is 13.7. The van der Waals surface area contributed by atoms with Crippen LogP contribution in [0.15, 0.2) is 11.6 Å². The molecule has 0 N–H and O–H groups in total. The third kappa shape index (κ3) is 15.1. The molecule has 2 saturated heterocycles. The Balaban J connectivity index is 2.30. The number of esters is 6. The van der Waals surface area contributed by atoms with Crippen LogP contribution in [0.5, 0.6) is 0 Å². The fraction of sp³-hybridized carbons (Fsp3) is 0.765. The van der Waals surface area contributed by atoms with E-state index in [0.29, 0.717) is 6.92 Å². The summed E-state index contributed by atoms with van der Waals surface area (Å²) in [6.45, 7) is 2.24. The van der Waals surface area contributed by atoms with E-state index in [9.17, 15) is 108 Å². The van der Waals surface area contributed by atoms with Crippen LogP contribution in [-0.4, -0.2) is 146 Å². The molecule has 0 radical (unpaired) electrons. The van der Waals surface area contributed by atoms with Crippen molar-refractivity contribution in [2.75, 3.05) is 6.61 Å². The van der Waals surface area contributed by atoms with Crippen molar-refractivity contribution >= 4 is 35.8 Å². The van der Waals surface area contributed by atoms with Crippen LogP contribution in [0.1, 0.15) is 47.0 Å². The van der Waals surface area contributed by atoms with E-state index in [1.807, 2.05) is 0 Å². The predicted molar refractivity (Wildman–Crippen MR) is 171 cm³/mol. The maximum absolute atomic E-state index is 13.7. The first-order chi connectivity index (χ1) is 30.5. The van der Waals surface area contributed by atoms with E-state index in [2.05, 4.69) is 28.4 Å². The van der Waals surface area contributed by atoms with Crippen LogP contribution in [0.25, 0.3) is 0 Å². The molecule has 11 atom stereocenters. The topological polar surface area (TPSA) is 195 Å². The molecule has 0 aromatic carbocycles. The van der Waals surface area contributed by atoms with Crippen molar-refractivity contribution in [1.29, 1.82) is 0 Å². The van der Waals surface area contributed by atoms with Crippen LogP contribution in [-0.2, 0) is 76.1 Å². The fourth-order valence-corrected chi connectivity index (χ4v) is 6.36. The summed E-state index contributed by atoms with van der Waals surface area (Å²) in [6, 6.07) is 0. The Kier molecular flexibility index (Phi) is 17.4. The van der Waals surface area contributed by atoms with Crippen molar-refractivity contribution in [1.82, 2.24) is 0 Å². The summed E-state index contributed by atoms with van der Waals surface area (Å²) in [5, 5.41) is 0. The molecule has 68 heavy (non-hydrogen) atoms. The van der Waals surface area contributed by atoms with Gasteiger partial charge in [-0.15, -0.1) is 0 Å². The highest BCUT2D eigenvalue weighted by Crippen LogP contribution is 2.41. The average molecular weight is 1040 g/mol. The SMILES string of the molecule is CC1=CCC(C(C)(C)O[C@@H]2O[C@H](CO[C@@H]3O[C@@H](C)[C@H](OC(=O)C(F)(F)F)[C@@H](OC(=O)C(F)(F)F)[C@H]3OC(=O)C(F)(F)F)[C@@H](OC(=O)C(F)(F)F)[C@H](OC(=O)C(F)(F)F)[C@H]2OC(=O)C(F)(F)F)CC1. The Labute approximate surface area is 366 Å². The zero-order valence-electron chi connectivity index (χ0n) is 34.1. The number of carbonyl (C=O) groups is 6. The molecule has 16 nitrogen and oxygen atoms in total. The van der Waals surface area contributed by atoms with Crippen molar-refractivity contribution < 1.29 is 155 Å². The smallest absolute Gasteiger partial charge is 0.449 e. The van der Waals surface area contributed by atoms with Crippen LogP contribution >= 0.6 is 0 Å². The summed E-state index contributed by atoms with van der Waals surface area (Å²) in [4.78, 5) is 72.3. The van der Waals surface area contributed by atoms with E-state index in [0.717, 1.165) is 19.4 Å². The molecule has 0 aromatic heterocycles. The zero-order chi connectivity index (χ0) is 52.5. The number of halogens is 18. The van der Waals surface area contributed by atoms with Gasteiger partial charge < -0.3 is 47.4 Å². The molecular formula is C34H32F18O16. The number of alkyl halides is 18. The number of hydrogen-bond acceptors (Lipinski definition) is 16. The molecule has 2 fully saturated rings. The summed E-state index contributed by atoms with van der Waals surface area (Å²) in [5.74, 6) is -21.7. The van der Waals surface area contributed by atoms with E-state index in [4.69, 9.17) is 18.9 Å². The van der Waals surface area contributed by atoms with Gasteiger partial charge in [0.25, 0.3) is 0 Å². The van der Waals surface area contributed by atoms with E-state index in [1.165, 1.54) is 0 Å². The molecule has 2 aliphatic heterocycles. The van der Waals surface area contributed by atoms with Crippen LogP contribution in [0.4, 0.5) is 79.0 Å². The van der Waals surface area contributed by atoms with Crippen molar-refractivity contribution in [2.24, 2.45) is 5.92 Å². The van der Waals surface area contributed by atoms with Gasteiger partial charge in [-0.3, -0.25) is 0 Å². The van der Waals surface area contributed by atoms with E-state index in [1.54, 1.807) is 13.0 Å². The summed E-state index contributed by atoms with van der Waals surface area (Å²) in [6.07, 6.45) is -67.8. The first kappa shape index (κ1) is 57.5. The molecule has 0 amide bonds. The molecule has 0 spiro atoms. The minimum absolute atomic E-state index is 0.0397. The van der Waals surface area contributed by atoms with Gasteiger partial charge in [-0.1, -0.05) is 11.6 Å². The van der Waals surface area contributed by atoms with Gasteiger partial charge in [0.2, 0.25) is 0 Å². The van der Waals surface area contributed by atoms with Gasteiger partial charge in [0.05, 0.1) is 18.3 Å². The van der Waals surface area contributed by atoms with Gasteiger partial charge in [-0.05, 0) is 52.9 Å². The molecule has 2 heterocycles. The van der Waals surface area contributed by atoms with Gasteiger partial charge >= 0.3 is 72.9 Å². The second kappa shape index (κ2) is 20.6. The molecule has 3 aliphatic rings. The van der Waals surface area contributed by atoms with Crippen LogP contribution in [0, 0.1) is 5.92 Å². The van der Waals surface area contributed by atoms with E-state index < -0.39 is 152 Å². The van der Waals surface area contributed by atoms with Crippen molar-refractivity contribution in [3.05, 3.63) is 11.6 Å². The highest BCUT2D eigenvalue weighted by Gasteiger charge is 2.62. The summed E-state index contributed by atoms with van der Waals surface area (Å²) in [7, 11) is 0. The minimum Gasteiger partial charge on any atom is -0.449 e. The molecule has 390 valence electrons. The molecule has 3 rings (SSSR count). The Morgan fingerprint density at radius 1 is 0.515 bits per heavy atom. The molecule has 1 aliphatic carbocycles. The first-order valence-electron chi connectivity index (χ1n) is 18.5. The molecule has 0 aromatic rings.